The molecule has 0 aliphatic heterocycles. The lowest BCUT2D eigenvalue weighted by atomic mass is 9.64. The van der Waals surface area contributed by atoms with E-state index >= 15 is 0 Å². The highest BCUT2D eigenvalue weighted by molar-refractivity contribution is 6.14. The van der Waals surface area contributed by atoms with Crippen molar-refractivity contribution in [2.75, 3.05) is 0 Å². The van der Waals surface area contributed by atoms with Gasteiger partial charge in [-0.15, -0.1) is 0 Å². The molecule has 3 aliphatic rings. The third-order valence-electron chi connectivity index (χ3n) is 18.2. The molecule has 3 aliphatic carbocycles. The topological polar surface area (TPSA) is 26.3 Å². The lowest BCUT2D eigenvalue weighted by molar-refractivity contribution is 0.447. The normalized spacial score (nSPS) is 15.3. The Labute approximate surface area is 430 Å². The van der Waals surface area contributed by atoms with Crippen LogP contribution in [0.25, 0.3) is 121 Å². The van der Waals surface area contributed by atoms with Crippen molar-refractivity contribution in [1.29, 1.82) is 0 Å². The average Bonchev–Trinajstić information content (AvgIpc) is 4.33. The van der Waals surface area contributed by atoms with Gasteiger partial charge in [0.2, 0.25) is 0 Å². The van der Waals surface area contributed by atoms with E-state index in [0.29, 0.717) is 0 Å². The first-order valence-electron chi connectivity index (χ1n) is 26.4. The predicted octanol–water partition coefficient (Wildman–Crippen LogP) is 19.7. The summed E-state index contributed by atoms with van der Waals surface area (Å²) in [4.78, 5) is 0. The fourth-order valence-corrected chi connectivity index (χ4v) is 14.7. The Morgan fingerprint density at radius 3 is 1.11 bits per heavy atom. The third kappa shape index (κ3) is 5.25. The van der Waals surface area contributed by atoms with E-state index < -0.39 is 5.41 Å². The van der Waals surface area contributed by atoms with Gasteiger partial charge in [0.25, 0.3) is 0 Å². The standard InChI is InChI=1S/C72H52O2/c1-40(2)72(43-18-8-7-9-19-43)60-38-56-58(70(3,4)62-34-50(44-20-10-12-24-48(44)68(56)62)41-28-30-66-54(32-41)46-22-14-16-26-64(46)73-66)36-52(60)53-37-59-57(39-61(53)72)69-49-25-13-11-21-45(49)51(35-63(69)71(59,5)6)42-29-31-67-55(33-42)47-23-15-17-27-65(47)74-67/h7-40H,1-6H3. The van der Waals surface area contributed by atoms with Crippen molar-refractivity contribution in [2.45, 2.75) is 57.8 Å². The van der Waals surface area contributed by atoms with Crippen LogP contribution in [-0.4, -0.2) is 0 Å². The number of benzene rings is 11. The molecule has 0 saturated carbocycles. The van der Waals surface area contributed by atoms with Crippen LogP contribution in [0.1, 0.15) is 80.5 Å². The molecule has 0 atom stereocenters. The largest absolute Gasteiger partial charge is 0.456 e. The fraction of sp³-hybridized carbons (Fsp3) is 0.139. The summed E-state index contributed by atoms with van der Waals surface area (Å²) in [6.45, 7) is 14.7. The van der Waals surface area contributed by atoms with Gasteiger partial charge in [0.05, 0.1) is 0 Å². The summed E-state index contributed by atoms with van der Waals surface area (Å²) in [7, 11) is 0. The monoisotopic (exact) mass is 948 g/mol. The first-order chi connectivity index (χ1) is 36.0. The predicted molar refractivity (Wildman–Crippen MR) is 309 cm³/mol. The Morgan fingerprint density at radius 1 is 0.297 bits per heavy atom. The van der Waals surface area contributed by atoms with Crippen LogP contribution >= 0.6 is 0 Å². The highest BCUT2D eigenvalue weighted by atomic mass is 16.3. The molecule has 2 heteroatoms. The minimum absolute atomic E-state index is 0.241. The number of para-hydroxylation sites is 2. The highest BCUT2D eigenvalue weighted by Gasteiger charge is 2.51. The highest BCUT2D eigenvalue weighted by Crippen LogP contribution is 2.64. The van der Waals surface area contributed by atoms with Crippen LogP contribution in [0, 0.1) is 5.92 Å². The zero-order chi connectivity index (χ0) is 49.6. The fourth-order valence-electron chi connectivity index (χ4n) is 14.7. The van der Waals surface area contributed by atoms with Crippen molar-refractivity contribution in [3.8, 4) is 55.6 Å². The molecule has 0 N–H and O–H groups in total. The first-order valence-corrected chi connectivity index (χ1v) is 26.4. The molecular formula is C72H52O2. The summed E-state index contributed by atoms with van der Waals surface area (Å²) in [5.41, 5.74) is 25.5. The Balaban J connectivity index is 0.923. The molecule has 11 aromatic carbocycles. The number of rotatable bonds is 4. The summed E-state index contributed by atoms with van der Waals surface area (Å²) in [5.74, 6) is 0.241. The van der Waals surface area contributed by atoms with Crippen LogP contribution in [0.3, 0.4) is 0 Å². The summed E-state index contributed by atoms with van der Waals surface area (Å²) < 4.78 is 12.6. The van der Waals surface area contributed by atoms with Crippen LogP contribution in [-0.2, 0) is 16.2 Å². The molecule has 0 amide bonds. The van der Waals surface area contributed by atoms with Crippen molar-refractivity contribution in [3.05, 3.63) is 239 Å². The average molecular weight is 949 g/mol. The zero-order valence-corrected chi connectivity index (χ0v) is 42.4. The molecule has 0 spiro atoms. The number of hydrogen-bond donors (Lipinski definition) is 0. The van der Waals surface area contributed by atoms with Gasteiger partial charge in [-0.3, -0.25) is 0 Å². The maximum Gasteiger partial charge on any atom is 0.135 e. The minimum Gasteiger partial charge on any atom is -0.456 e. The lowest BCUT2D eigenvalue weighted by Gasteiger charge is -2.38. The summed E-state index contributed by atoms with van der Waals surface area (Å²) in [5, 5.41) is 9.75. The molecule has 2 nitrogen and oxygen atoms in total. The van der Waals surface area contributed by atoms with Gasteiger partial charge in [-0.2, -0.15) is 0 Å². The van der Waals surface area contributed by atoms with E-state index in [1.165, 1.54) is 116 Å². The molecule has 13 aromatic rings. The molecule has 0 saturated heterocycles. The smallest absolute Gasteiger partial charge is 0.135 e. The first kappa shape index (κ1) is 42.1. The summed E-state index contributed by atoms with van der Waals surface area (Å²) in [6, 6.07) is 75.5. The van der Waals surface area contributed by atoms with E-state index in [9.17, 15) is 0 Å². The van der Waals surface area contributed by atoms with Gasteiger partial charge < -0.3 is 8.83 Å². The van der Waals surface area contributed by atoms with Crippen LogP contribution in [0.15, 0.2) is 209 Å². The number of furan rings is 2. The Kier molecular flexibility index (Phi) is 8.19. The molecule has 0 unspecified atom stereocenters. The molecule has 16 rings (SSSR count). The van der Waals surface area contributed by atoms with Crippen molar-refractivity contribution in [3.63, 3.8) is 0 Å². The number of hydrogen-bond acceptors (Lipinski definition) is 2. The van der Waals surface area contributed by atoms with Gasteiger partial charge in [-0.1, -0.05) is 169 Å². The zero-order valence-electron chi connectivity index (χ0n) is 42.4. The lowest BCUT2D eigenvalue weighted by Crippen LogP contribution is -2.33. The Hall–Kier alpha value is -8.46. The molecule has 0 bridgehead atoms. The molecule has 2 aromatic heterocycles. The van der Waals surface area contributed by atoms with Crippen molar-refractivity contribution in [1.82, 2.24) is 0 Å². The van der Waals surface area contributed by atoms with E-state index in [1.54, 1.807) is 0 Å². The second-order valence-corrected chi connectivity index (χ2v) is 22.9. The van der Waals surface area contributed by atoms with E-state index in [2.05, 4.69) is 230 Å². The van der Waals surface area contributed by atoms with Gasteiger partial charge in [0.15, 0.2) is 0 Å². The summed E-state index contributed by atoms with van der Waals surface area (Å²) >= 11 is 0. The van der Waals surface area contributed by atoms with E-state index in [0.717, 1.165) is 43.9 Å². The van der Waals surface area contributed by atoms with E-state index in [4.69, 9.17) is 8.83 Å². The van der Waals surface area contributed by atoms with Gasteiger partial charge in [-0.25, -0.2) is 0 Å². The number of fused-ring (bicyclic) bond motifs is 19. The molecule has 0 radical (unpaired) electrons. The van der Waals surface area contributed by atoms with E-state index in [-0.39, 0.29) is 16.7 Å². The molecule has 2 heterocycles. The van der Waals surface area contributed by atoms with Gasteiger partial charge >= 0.3 is 0 Å². The quantitative estimate of drug-likeness (QED) is 0.176. The maximum absolute atomic E-state index is 6.32. The third-order valence-corrected chi connectivity index (χ3v) is 18.2. The van der Waals surface area contributed by atoms with Crippen LogP contribution in [0.2, 0.25) is 0 Å². The Morgan fingerprint density at radius 2 is 0.662 bits per heavy atom. The van der Waals surface area contributed by atoms with Crippen LogP contribution in [0.4, 0.5) is 0 Å². The van der Waals surface area contributed by atoms with Crippen LogP contribution < -0.4 is 0 Å². The van der Waals surface area contributed by atoms with Crippen molar-refractivity contribution >= 4 is 65.4 Å². The summed E-state index contributed by atoms with van der Waals surface area (Å²) in [6.07, 6.45) is 0. The molecule has 0 fully saturated rings. The molecular weight excluding hydrogens is 897 g/mol. The van der Waals surface area contributed by atoms with Crippen LogP contribution in [0.5, 0.6) is 0 Å². The van der Waals surface area contributed by atoms with E-state index in [1.807, 2.05) is 12.1 Å². The molecule has 352 valence electrons. The van der Waals surface area contributed by atoms with Gasteiger partial charge in [-0.05, 0) is 195 Å². The second kappa shape index (κ2) is 14.4. The second-order valence-electron chi connectivity index (χ2n) is 22.9. The maximum atomic E-state index is 6.32. The molecule has 74 heavy (non-hydrogen) atoms. The van der Waals surface area contributed by atoms with Crippen molar-refractivity contribution in [2.24, 2.45) is 5.92 Å². The minimum atomic E-state index is -0.410. The van der Waals surface area contributed by atoms with Gasteiger partial charge in [0, 0.05) is 37.8 Å². The van der Waals surface area contributed by atoms with Gasteiger partial charge in [0.1, 0.15) is 22.3 Å². The Bertz CT molecular complexity index is 4360. The SMILES string of the molecule is CC(C)C1(c2ccccc2)c2cc3c(cc2-c2cc4c(cc21)-c1c(cc(-c2ccc5oc6ccccc6c5c2)c2ccccc12)C4(C)C)C(C)(C)c1cc(-c2ccc4oc5ccccc5c4c2)c2ccccc2c1-3. The van der Waals surface area contributed by atoms with Crippen molar-refractivity contribution < 1.29 is 8.83 Å².